The van der Waals surface area contributed by atoms with E-state index in [0.29, 0.717) is 41.7 Å². The summed E-state index contributed by atoms with van der Waals surface area (Å²) in [5.41, 5.74) is 4.95. The normalized spacial score (nSPS) is 17.0. The fraction of sp³-hybridized carbons (Fsp3) is 0.333. The highest BCUT2D eigenvalue weighted by Crippen LogP contribution is 2.42. The van der Waals surface area contributed by atoms with Crippen LogP contribution in [0.15, 0.2) is 48.5 Å². The first-order valence-electron chi connectivity index (χ1n) is 12.2. The summed E-state index contributed by atoms with van der Waals surface area (Å²) in [5, 5.41) is 3.07. The minimum atomic E-state index is -3.36. The number of aryl methyl sites for hydroxylation is 1. The van der Waals surface area contributed by atoms with Gasteiger partial charge in [0.05, 0.1) is 22.5 Å². The number of thiophene rings is 1. The molecule has 1 aliphatic carbocycles. The molecule has 2 amide bonds. The van der Waals surface area contributed by atoms with E-state index in [1.165, 1.54) is 21.9 Å². The maximum Gasteiger partial charge on any atom is 0.261 e. The number of hydrogen-bond donors (Lipinski definition) is 1. The van der Waals surface area contributed by atoms with Gasteiger partial charge < -0.3 is 10.2 Å². The Balaban J connectivity index is 1.33. The van der Waals surface area contributed by atoms with Crippen molar-refractivity contribution >= 4 is 44.5 Å². The van der Waals surface area contributed by atoms with Gasteiger partial charge in [0.25, 0.3) is 11.8 Å². The lowest BCUT2D eigenvalue weighted by Crippen LogP contribution is -2.35. The zero-order chi connectivity index (χ0) is 25.0. The third-order valence-electron chi connectivity index (χ3n) is 7.04. The number of para-hydroxylation sites is 1. The van der Waals surface area contributed by atoms with Crippen molar-refractivity contribution in [3.05, 3.63) is 70.1 Å². The Kier molecular flexibility index (Phi) is 5.64. The fourth-order valence-corrected chi connectivity index (χ4v) is 7.24. The highest BCUT2D eigenvalue weighted by molar-refractivity contribution is 7.92. The summed E-state index contributed by atoms with van der Waals surface area (Å²) < 4.78 is 25.9. The van der Waals surface area contributed by atoms with E-state index in [9.17, 15) is 18.0 Å². The number of hydrogen-bond acceptors (Lipinski definition) is 5. The topological polar surface area (TPSA) is 86.8 Å². The Morgan fingerprint density at radius 3 is 2.56 bits per heavy atom. The quantitative estimate of drug-likeness (QED) is 0.557. The predicted octanol–water partition coefficient (Wildman–Crippen LogP) is 4.22. The molecule has 1 saturated carbocycles. The van der Waals surface area contributed by atoms with Gasteiger partial charge in [-0.15, -0.1) is 11.3 Å². The summed E-state index contributed by atoms with van der Waals surface area (Å²) in [4.78, 5) is 30.0. The van der Waals surface area contributed by atoms with Gasteiger partial charge in [0.1, 0.15) is 0 Å². The van der Waals surface area contributed by atoms with Crippen LogP contribution in [0, 0.1) is 0 Å². The van der Waals surface area contributed by atoms with Crippen LogP contribution < -0.4 is 14.5 Å². The second kappa shape index (κ2) is 8.74. The summed E-state index contributed by atoms with van der Waals surface area (Å²) >= 11 is 1.49. The van der Waals surface area contributed by atoms with Gasteiger partial charge in [0.15, 0.2) is 0 Å². The maximum absolute atomic E-state index is 13.8. The first kappa shape index (κ1) is 23.2. The lowest BCUT2D eigenvalue weighted by atomic mass is 10.00. The average Bonchev–Trinajstić information content (AvgIpc) is 3.61. The average molecular weight is 522 g/mol. The van der Waals surface area contributed by atoms with Gasteiger partial charge in [0.2, 0.25) is 10.0 Å². The predicted molar refractivity (Wildman–Crippen MR) is 143 cm³/mol. The van der Waals surface area contributed by atoms with E-state index in [0.717, 1.165) is 52.9 Å². The number of anilines is 2. The molecule has 2 aliphatic heterocycles. The number of nitrogens with one attached hydrogen (secondary N) is 1. The van der Waals surface area contributed by atoms with Crippen LogP contribution in [-0.2, 0) is 22.9 Å². The molecule has 9 heteroatoms. The fourth-order valence-electron chi connectivity index (χ4n) is 5.10. The van der Waals surface area contributed by atoms with Crippen LogP contribution in [0.2, 0.25) is 0 Å². The van der Waals surface area contributed by atoms with Crippen molar-refractivity contribution in [3.8, 4) is 10.4 Å². The van der Waals surface area contributed by atoms with Crippen LogP contribution in [0.25, 0.3) is 10.4 Å². The lowest BCUT2D eigenvalue weighted by Gasteiger charge is -2.30. The molecule has 1 aromatic heterocycles. The van der Waals surface area contributed by atoms with Crippen LogP contribution in [0.4, 0.5) is 11.4 Å². The molecule has 2 aromatic carbocycles. The van der Waals surface area contributed by atoms with Crippen molar-refractivity contribution in [2.24, 2.45) is 0 Å². The minimum Gasteiger partial charge on any atom is -0.349 e. The lowest BCUT2D eigenvalue weighted by molar-refractivity contribution is 0.0953. The highest BCUT2D eigenvalue weighted by atomic mass is 32.2. The number of fused-ring (bicyclic) bond motifs is 4. The summed E-state index contributed by atoms with van der Waals surface area (Å²) in [7, 11) is -3.36. The Morgan fingerprint density at radius 2 is 1.78 bits per heavy atom. The van der Waals surface area contributed by atoms with E-state index < -0.39 is 10.0 Å². The summed E-state index contributed by atoms with van der Waals surface area (Å²) in [6.45, 7) is 0.956. The molecule has 36 heavy (non-hydrogen) atoms. The molecule has 186 valence electrons. The van der Waals surface area contributed by atoms with E-state index in [2.05, 4.69) is 5.32 Å². The van der Waals surface area contributed by atoms with Crippen LogP contribution in [0.1, 0.15) is 50.4 Å². The second-order valence-electron chi connectivity index (χ2n) is 9.72. The second-order valence-corrected chi connectivity index (χ2v) is 12.7. The molecule has 0 spiro atoms. The molecular formula is C27H27N3O4S2. The Morgan fingerprint density at radius 1 is 0.972 bits per heavy atom. The number of amides is 2. The van der Waals surface area contributed by atoms with Gasteiger partial charge in [-0.2, -0.15) is 0 Å². The molecule has 0 unspecified atom stereocenters. The first-order valence-corrected chi connectivity index (χ1v) is 14.9. The number of benzene rings is 2. The van der Waals surface area contributed by atoms with Crippen LogP contribution in [0.3, 0.4) is 0 Å². The molecule has 0 atom stereocenters. The van der Waals surface area contributed by atoms with E-state index in [1.807, 2.05) is 41.3 Å². The molecule has 0 radical (unpaired) electrons. The number of carbonyl (C=O) groups is 2. The van der Waals surface area contributed by atoms with E-state index in [1.54, 1.807) is 12.1 Å². The van der Waals surface area contributed by atoms with Gasteiger partial charge in [-0.05, 0) is 73.6 Å². The number of rotatable bonds is 4. The van der Waals surface area contributed by atoms with Crippen molar-refractivity contribution in [3.63, 3.8) is 0 Å². The molecule has 7 nitrogen and oxygen atoms in total. The zero-order valence-corrected chi connectivity index (χ0v) is 21.6. The van der Waals surface area contributed by atoms with Gasteiger partial charge >= 0.3 is 0 Å². The minimum absolute atomic E-state index is 0.0156. The molecule has 0 saturated heterocycles. The van der Waals surface area contributed by atoms with Gasteiger partial charge in [-0.3, -0.25) is 13.9 Å². The van der Waals surface area contributed by atoms with E-state index in [-0.39, 0.29) is 11.8 Å². The summed E-state index contributed by atoms with van der Waals surface area (Å²) in [6.07, 6.45) is 5.42. The molecular weight excluding hydrogens is 494 g/mol. The Hall–Kier alpha value is -3.17. The van der Waals surface area contributed by atoms with Crippen LogP contribution in [-0.4, -0.2) is 45.6 Å². The standard InChI is InChI=1S/C27H27N3O4S2/c1-36(33,34)30-13-4-5-17-15-19(8-11-22(17)30)27(32)29-14-12-18-16-24(26(31)28-20-9-10-20)35-25(18)21-6-2-3-7-23(21)29/h2-3,6-8,11,15-16,20H,4-5,9-10,12-14H2,1H3,(H,28,31). The molecule has 6 rings (SSSR count). The summed E-state index contributed by atoms with van der Waals surface area (Å²) in [5.74, 6) is -0.123. The van der Waals surface area contributed by atoms with E-state index >= 15 is 0 Å². The third-order valence-corrected chi connectivity index (χ3v) is 9.43. The monoisotopic (exact) mass is 521 g/mol. The van der Waals surface area contributed by atoms with Gasteiger partial charge in [-0.1, -0.05) is 18.2 Å². The van der Waals surface area contributed by atoms with Crippen LogP contribution >= 0.6 is 11.3 Å². The highest BCUT2D eigenvalue weighted by Gasteiger charge is 2.30. The van der Waals surface area contributed by atoms with Crippen molar-refractivity contribution in [2.45, 2.75) is 38.1 Å². The largest absolute Gasteiger partial charge is 0.349 e. The molecule has 0 bridgehead atoms. The van der Waals surface area contributed by atoms with Crippen molar-refractivity contribution in [1.82, 2.24) is 5.32 Å². The van der Waals surface area contributed by atoms with Crippen molar-refractivity contribution < 1.29 is 18.0 Å². The zero-order valence-electron chi connectivity index (χ0n) is 20.0. The molecule has 3 aromatic rings. The molecule has 3 heterocycles. The van der Waals surface area contributed by atoms with E-state index in [4.69, 9.17) is 0 Å². The molecule has 1 N–H and O–H groups in total. The molecule has 1 fully saturated rings. The Bertz CT molecular complexity index is 1490. The van der Waals surface area contributed by atoms with Crippen LogP contribution in [0.5, 0.6) is 0 Å². The Labute approximate surface area is 214 Å². The number of carbonyl (C=O) groups excluding carboxylic acids is 2. The number of sulfonamides is 1. The van der Waals surface area contributed by atoms with Crippen molar-refractivity contribution in [2.75, 3.05) is 28.6 Å². The number of nitrogens with zero attached hydrogens (tertiary/aromatic N) is 2. The van der Waals surface area contributed by atoms with Crippen molar-refractivity contribution in [1.29, 1.82) is 0 Å². The molecule has 3 aliphatic rings. The third kappa shape index (κ3) is 4.20. The van der Waals surface area contributed by atoms with Gasteiger partial charge in [-0.25, -0.2) is 8.42 Å². The first-order chi connectivity index (χ1) is 17.3. The van der Waals surface area contributed by atoms with Gasteiger partial charge in [0, 0.05) is 35.1 Å². The summed E-state index contributed by atoms with van der Waals surface area (Å²) in [6, 6.07) is 15.5. The SMILES string of the molecule is CS(=O)(=O)N1CCCc2cc(C(=O)N3CCc4cc(C(=O)NC5CC5)sc4-c4ccccc43)ccc21. The maximum atomic E-state index is 13.8. The smallest absolute Gasteiger partial charge is 0.261 e.